The van der Waals surface area contributed by atoms with Gasteiger partial charge in [-0.3, -0.25) is 4.68 Å². The van der Waals surface area contributed by atoms with Gasteiger partial charge in [-0.05, 0) is 37.2 Å². The summed E-state index contributed by atoms with van der Waals surface area (Å²) in [4.78, 5) is 0. The lowest BCUT2D eigenvalue weighted by Gasteiger charge is -2.34. The summed E-state index contributed by atoms with van der Waals surface area (Å²) in [7, 11) is 2.01. The second-order valence-corrected chi connectivity index (χ2v) is 6.09. The fourth-order valence-corrected chi connectivity index (χ4v) is 2.65. The van der Waals surface area contributed by atoms with E-state index in [1.54, 1.807) is 0 Å². The van der Waals surface area contributed by atoms with Crippen molar-refractivity contribution in [2.75, 3.05) is 6.54 Å². The Balaban J connectivity index is 1.68. The van der Waals surface area contributed by atoms with Gasteiger partial charge < -0.3 is 5.32 Å². The number of nitrogens with zero attached hydrogens (tertiary/aromatic N) is 2. The third-order valence-corrected chi connectivity index (χ3v) is 4.08. The van der Waals surface area contributed by atoms with E-state index in [2.05, 4.69) is 30.3 Å². The van der Waals surface area contributed by atoms with Crippen LogP contribution in [0.15, 0.2) is 12.3 Å². The molecule has 1 aliphatic carbocycles. The number of aromatic nitrogens is 2. The van der Waals surface area contributed by atoms with E-state index in [0.717, 1.165) is 19.0 Å². The van der Waals surface area contributed by atoms with Crippen LogP contribution in [0.5, 0.6) is 0 Å². The first kappa shape index (κ1) is 12.6. The van der Waals surface area contributed by atoms with Gasteiger partial charge in [0.1, 0.15) is 0 Å². The largest absolute Gasteiger partial charge is 0.314 e. The summed E-state index contributed by atoms with van der Waals surface area (Å²) in [6, 6.07) is 2.84. The highest BCUT2D eigenvalue weighted by Gasteiger charge is 2.26. The van der Waals surface area contributed by atoms with Gasteiger partial charge in [0.2, 0.25) is 0 Å². The molecular weight excluding hydrogens is 210 g/mol. The first-order valence-electron chi connectivity index (χ1n) is 6.77. The third-order valence-electron chi connectivity index (χ3n) is 4.08. The molecule has 0 unspecified atom stereocenters. The smallest absolute Gasteiger partial charge is 0.0492 e. The van der Waals surface area contributed by atoms with Crippen molar-refractivity contribution in [3.8, 4) is 0 Å². The van der Waals surface area contributed by atoms with E-state index in [0.29, 0.717) is 5.41 Å². The molecule has 3 nitrogen and oxygen atoms in total. The van der Waals surface area contributed by atoms with E-state index in [9.17, 15) is 0 Å². The molecule has 0 aromatic carbocycles. The van der Waals surface area contributed by atoms with Gasteiger partial charge in [0.15, 0.2) is 0 Å². The Morgan fingerprint density at radius 3 is 2.71 bits per heavy atom. The molecule has 0 aliphatic heterocycles. The summed E-state index contributed by atoms with van der Waals surface area (Å²) < 4.78 is 1.96. The van der Waals surface area contributed by atoms with Crippen molar-refractivity contribution >= 4 is 0 Å². The topological polar surface area (TPSA) is 29.9 Å². The first-order chi connectivity index (χ1) is 8.07. The van der Waals surface area contributed by atoms with Crippen LogP contribution in [0.1, 0.15) is 45.2 Å². The van der Waals surface area contributed by atoms with Crippen molar-refractivity contribution in [2.45, 2.75) is 52.0 Å². The molecule has 0 saturated heterocycles. The zero-order valence-electron chi connectivity index (χ0n) is 11.4. The Labute approximate surface area is 105 Å². The van der Waals surface area contributed by atoms with Crippen molar-refractivity contribution < 1.29 is 0 Å². The van der Waals surface area contributed by atoms with E-state index >= 15 is 0 Å². The molecule has 0 atom stereocenters. The molecule has 1 saturated carbocycles. The Kier molecular flexibility index (Phi) is 3.87. The van der Waals surface area contributed by atoms with Crippen molar-refractivity contribution in [1.82, 2.24) is 15.1 Å². The molecule has 0 radical (unpaired) electrons. The van der Waals surface area contributed by atoms with Gasteiger partial charge >= 0.3 is 0 Å². The monoisotopic (exact) mass is 235 g/mol. The highest BCUT2D eigenvalue weighted by Crippen LogP contribution is 2.34. The second kappa shape index (κ2) is 5.21. The predicted molar refractivity (Wildman–Crippen MR) is 71.0 cm³/mol. The van der Waals surface area contributed by atoms with Crippen LogP contribution in [-0.4, -0.2) is 22.4 Å². The quantitative estimate of drug-likeness (QED) is 0.869. The fraction of sp³-hybridized carbons (Fsp3) is 0.786. The molecule has 2 rings (SSSR count). The lowest BCUT2D eigenvalue weighted by Crippen LogP contribution is -2.36. The number of aryl methyl sites for hydroxylation is 1. The maximum absolute atomic E-state index is 4.19. The lowest BCUT2D eigenvalue weighted by molar-refractivity contribution is 0.207. The third kappa shape index (κ3) is 3.56. The fourth-order valence-electron chi connectivity index (χ4n) is 2.65. The summed E-state index contributed by atoms with van der Waals surface area (Å²) >= 11 is 0. The van der Waals surface area contributed by atoms with E-state index < -0.39 is 0 Å². The molecule has 0 bridgehead atoms. The van der Waals surface area contributed by atoms with E-state index in [1.807, 2.05) is 17.9 Å². The number of nitrogens with one attached hydrogen (secondary N) is 1. The van der Waals surface area contributed by atoms with Gasteiger partial charge in [-0.25, -0.2) is 0 Å². The van der Waals surface area contributed by atoms with Crippen molar-refractivity contribution in [3.05, 3.63) is 18.0 Å². The molecule has 96 valence electrons. The van der Waals surface area contributed by atoms with Crippen LogP contribution in [0.2, 0.25) is 0 Å². The Morgan fingerprint density at radius 2 is 2.12 bits per heavy atom. The van der Waals surface area contributed by atoms with E-state index in [-0.39, 0.29) is 0 Å². The SMILES string of the molecule is Cn1nccc1CCNC1CCC(C)(C)CC1. The molecule has 1 aromatic heterocycles. The summed E-state index contributed by atoms with van der Waals surface area (Å²) in [5.41, 5.74) is 1.88. The Morgan fingerprint density at radius 1 is 1.41 bits per heavy atom. The lowest BCUT2D eigenvalue weighted by atomic mass is 9.75. The van der Waals surface area contributed by atoms with Crippen LogP contribution in [0.3, 0.4) is 0 Å². The normalized spacial score (nSPS) is 20.6. The van der Waals surface area contributed by atoms with Crippen LogP contribution in [0, 0.1) is 5.41 Å². The average molecular weight is 235 g/mol. The van der Waals surface area contributed by atoms with Crippen LogP contribution in [-0.2, 0) is 13.5 Å². The zero-order valence-corrected chi connectivity index (χ0v) is 11.4. The Hall–Kier alpha value is -0.830. The maximum Gasteiger partial charge on any atom is 0.0492 e. The zero-order chi connectivity index (χ0) is 12.3. The van der Waals surface area contributed by atoms with Crippen molar-refractivity contribution in [3.63, 3.8) is 0 Å². The van der Waals surface area contributed by atoms with Gasteiger partial charge in [0, 0.05) is 37.9 Å². The predicted octanol–water partition coefficient (Wildman–Crippen LogP) is 2.52. The molecule has 0 spiro atoms. The maximum atomic E-state index is 4.19. The van der Waals surface area contributed by atoms with Crippen LogP contribution >= 0.6 is 0 Å². The molecule has 1 fully saturated rings. The number of hydrogen-bond donors (Lipinski definition) is 1. The number of hydrogen-bond acceptors (Lipinski definition) is 2. The minimum absolute atomic E-state index is 0.570. The minimum atomic E-state index is 0.570. The van der Waals surface area contributed by atoms with Crippen LogP contribution in [0.4, 0.5) is 0 Å². The summed E-state index contributed by atoms with van der Waals surface area (Å²) in [5, 5.41) is 7.87. The van der Waals surface area contributed by atoms with Crippen LogP contribution < -0.4 is 5.32 Å². The molecular formula is C14H25N3. The second-order valence-electron chi connectivity index (χ2n) is 6.09. The van der Waals surface area contributed by atoms with Crippen molar-refractivity contribution in [2.24, 2.45) is 12.5 Å². The van der Waals surface area contributed by atoms with Crippen LogP contribution in [0.25, 0.3) is 0 Å². The number of rotatable bonds is 4. The average Bonchev–Trinajstić information content (AvgIpc) is 2.67. The molecule has 1 N–H and O–H groups in total. The molecule has 1 heterocycles. The van der Waals surface area contributed by atoms with Gasteiger partial charge in [0.25, 0.3) is 0 Å². The van der Waals surface area contributed by atoms with Gasteiger partial charge in [-0.1, -0.05) is 13.8 Å². The molecule has 17 heavy (non-hydrogen) atoms. The van der Waals surface area contributed by atoms with Gasteiger partial charge in [0.05, 0.1) is 0 Å². The molecule has 1 aliphatic rings. The van der Waals surface area contributed by atoms with Crippen molar-refractivity contribution in [1.29, 1.82) is 0 Å². The van der Waals surface area contributed by atoms with E-state index in [1.165, 1.54) is 31.4 Å². The summed E-state index contributed by atoms with van der Waals surface area (Å²) in [6.45, 7) is 5.85. The summed E-state index contributed by atoms with van der Waals surface area (Å²) in [5.74, 6) is 0. The van der Waals surface area contributed by atoms with Gasteiger partial charge in [-0.2, -0.15) is 5.10 Å². The molecule has 1 aromatic rings. The summed E-state index contributed by atoms with van der Waals surface area (Å²) in [6.07, 6.45) is 8.33. The van der Waals surface area contributed by atoms with E-state index in [4.69, 9.17) is 0 Å². The first-order valence-corrected chi connectivity index (χ1v) is 6.77. The Bertz CT molecular complexity index is 344. The molecule has 3 heteroatoms. The van der Waals surface area contributed by atoms with Gasteiger partial charge in [-0.15, -0.1) is 0 Å². The minimum Gasteiger partial charge on any atom is -0.314 e. The standard InChI is InChI=1S/C14H25N3/c1-14(2)8-4-12(5-9-14)15-10-6-13-7-11-16-17(13)3/h7,11-12,15H,4-6,8-10H2,1-3H3. The highest BCUT2D eigenvalue weighted by atomic mass is 15.3. The highest BCUT2D eigenvalue weighted by molar-refractivity contribution is 5.00. The molecule has 0 amide bonds.